The molecule has 21 heavy (non-hydrogen) atoms. The summed E-state index contributed by atoms with van der Waals surface area (Å²) in [6.45, 7) is 0. The molecule has 1 aromatic carbocycles. The molecule has 2 aromatic rings. The fraction of sp³-hybridized carbons (Fsp3) is 0.200. The van der Waals surface area contributed by atoms with Crippen LogP contribution in [0.25, 0.3) is 0 Å². The zero-order chi connectivity index (χ0) is 15.4. The van der Waals surface area contributed by atoms with Crippen molar-refractivity contribution >= 4 is 23.1 Å². The van der Waals surface area contributed by atoms with Gasteiger partial charge in [0, 0.05) is 21.1 Å². The molecule has 6 heteroatoms. The third kappa shape index (κ3) is 3.28. The SMILES string of the molecule is CNc1ncc(F)cc1C(=O)Nc1ccccc1N(C)C. The van der Waals surface area contributed by atoms with Crippen molar-refractivity contribution in [3.8, 4) is 0 Å². The fourth-order valence-corrected chi connectivity index (χ4v) is 1.97. The lowest BCUT2D eigenvalue weighted by atomic mass is 10.2. The maximum atomic E-state index is 13.3. The van der Waals surface area contributed by atoms with Gasteiger partial charge in [-0.3, -0.25) is 4.79 Å². The lowest BCUT2D eigenvalue weighted by molar-refractivity contribution is 0.102. The van der Waals surface area contributed by atoms with Crippen LogP contribution >= 0.6 is 0 Å². The van der Waals surface area contributed by atoms with Crippen molar-refractivity contribution < 1.29 is 9.18 Å². The first-order valence-corrected chi connectivity index (χ1v) is 6.44. The molecule has 0 saturated carbocycles. The van der Waals surface area contributed by atoms with Crippen LogP contribution in [0.2, 0.25) is 0 Å². The number of amides is 1. The normalized spacial score (nSPS) is 10.1. The standard InChI is InChI=1S/C15H17FN4O/c1-17-14-11(8-10(16)9-18-14)15(21)19-12-6-4-5-7-13(12)20(2)3/h4-9H,1-3H3,(H,17,18)(H,19,21). The zero-order valence-corrected chi connectivity index (χ0v) is 12.1. The third-order valence-corrected chi connectivity index (χ3v) is 2.97. The second-order valence-corrected chi connectivity index (χ2v) is 4.67. The van der Waals surface area contributed by atoms with Crippen LogP contribution in [0.1, 0.15) is 10.4 Å². The van der Waals surface area contributed by atoms with Crippen LogP contribution in [-0.2, 0) is 0 Å². The van der Waals surface area contributed by atoms with Crippen LogP contribution in [0.4, 0.5) is 21.6 Å². The van der Waals surface area contributed by atoms with E-state index in [2.05, 4.69) is 15.6 Å². The van der Waals surface area contributed by atoms with Crippen LogP contribution in [0.5, 0.6) is 0 Å². The van der Waals surface area contributed by atoms with Crippen molar-refractivity contribution in [2.24, 2.45) is 0 Å². The van der Waals surface area contributed by atoms with Gasteiger partial charge in [-0.2, -0.15) is 0 Å². The van der Waals surface area contributed by atoms with E-state index in [9.17, 15) is 9.18 Å². The van der Waals surface area contributed by atoms with Gasteiger partial charge < -0.3 is 15.5 Å². The minimum Gasteiger partial charge on any atom is -0.376 e. The van der Waals surface area contributed by atoms with E-state index in [0.717, 1.165) is 18.0 Å². The van der Waals surface area contributed by atoms with Gasteiger partial charge in [0.05, 0.1) is 23.1 Å². The quantitative estimate of drug-likeness (QED) is 0.908. The Kier molecular flexibility index (Phi) is 4.37. The summed E-state index contributed by atoms with van der Waals surface area (Å²) >= 11 is 0. The third-order valence-electron chi connectivity index (χ3n) is 2.97. The summed E-state index contributed by atoms with van der Waals surface area (Å²) in [4.78, 5) is 18.1. The predicted molar refractivity (Wildman–Crippen MR) is 82.5 cm³/mol. The number of carbonyl (C=O) groups excluding carboxylic acids is 1. The maximum Gasteiger partial charge on any atom is 0.259 e. The van der Waals surface area contributed by atoms with Crippen molar-refractivity contribution in [2.45, 2.75) is 0 Å². The minimum absolute atomic E-state index is 0.158. The molecule has 1 heterocycles. The molecule has 1 amide bonds. The van der Waals surface area contributed by atoms with E-state index in [1.165, 1.54) is 0 Å². The number of nitrogens with one attached hydrogen (secondary N) is 2. The van der Waals surface area contributed by atoms with E-state index in [4.69, 9.17) is 0 Å². The number of anilines is 3. The summed E-state index contributed by atoms with van der Waals surface area (Å²) in [5.41, 5.74) is 1.67. The molecule has 0 spiro atoms. The summed E-state index contributed by atoms with van der Waals surface area (Å²) in [6.07, 6.45) is 1.07. The molecule has 2 N–H and O–H groups in total. The van der Waals surface area contributed by atoms with Crippen molar-refractivity contribution in [3.05, 3.63) is 47.9 Å². The van der Waals surface area contributed by atoms with Crippen LogP contribution in [-0.4, -0.2) is 32.0 Å². The largest absolute Gasteiger partial charge is 0.376 e. The molecule has 5 nitrogen and oxygen atoms in total. The number of halogens is 1. The first kappa shape index (κ1) is 14.8. The second kappa shape index (κ2) is 6.21. The number of nitrogens with zero attached hydrogens (tertiary/aromatic N) is 2. The average molecular weight is 288 g/mol. The summed E-state index contributed by atoms with van der Waals surface area (Å²) in [5.74, 6) is -0.642. The Balaban J connectivity index is 2.33. The van der Waals surface area contributed by atoms with Crippen LogP contribution in [0, 0.1) is 5.82 Å². The second-order valence-electron chi connectivity index (χ2n) is 4.67. The summed E-state index contributed by atoms with van der Waals surface area (Å²) in [5, 5.41) is 5.56. The van der Waals surface area contributed by atoms with Crippen molar-refractivity contribution in [3.63, 3.8) is 0 Å². The van der Waals surface area contributed by atoms with Crippen molar-refractivity contribution in [1.29, 1.82) is 0 Å². The Morgan fingerprint density at radius 3 is 2.67 bits per heavy atom. The molecule has 0 atom stereocenters. The van der Waals surface area contributed by atoms with Gasteiger partial charge >= 0.3 is 0 Å². The molecule has 0 saturated heterocycles. The fourth-order valence-electron chi connectivity index (χ4n) is 1.97. The first-order valence-electron chi connectivity index (χ1n) is 6.44. The molecular formula is C15H17FN4O. The molecule has 0 aliphatic carbocycles. The van der Waals surface area contributed by atoms with Gasteiger partial charge in [0.1, 0.15) is 11.6 Å². The van der Waals surface area contributed by atoms with Crippen molar-refractivity contribution in [1.82, 2.24) is 4.98 Å². The number of para-hydroxylation sites is 2. The van der Waals surface area contributed by atoms with Gasteiger partial charge in [0.25, 0.3) is 5.91 Å². The molecule has 0 bridgehead atoms. The first-order chi connectivity index (χ1) is 10.0. The summed E-state index contributed by atoms with van der Waals surface area (Å²) < 4.78 is 13.3. The van der Waals surface area contributed by atoms with Crippen molar-refractivity contribution in [2.75, 3.05) is 36.7 Å². The Morgan fingerprint density at radius 1 is 1.29 bits per heavy atom. The van der Waals surface area contributed by atoms with Crippen LogP contribution in [0.3, 0.4) is 0 Å². The van der Waals surface area contributed by atoms with Gasteiger partial charge in [0.2, 0.25) is 0 Å². The topological polar surface area (TPSA) is 57.3 Å². The number of aromatic nitrogens is 1. The molecule has 110 valence electrons. The maximum absolute atomic E-state index is 13.3. The van der Waals surface area contributed by atoms with Gasteiger partial charge in [0.15, 0.2) is 0 Å². The smallest absolute Gasteiger partial charge is 0.259 e. The number of pyridine rings is 1. The molecule has 0 unspecified atom stereocenters. The van der Waals surface area contributed by atoms with E-state index in [1.54, 1.807) is 13.1 Å². The number of hydrogen-bond acceptors (Lipinski definition) is 4. The molecule has 0 aliphatic heterocycles. The summed E-state index contributed by atoms with van der Waals surface area (Å²) in [7, 11) is 5.40. The highest BCUT2D eigenvalue weighted by Crippen LogP contribution is 2.25. The predicted octanol–water partition coefficient (Wildman–Crippen LogP) is 2.58. The monoisotopic (exact) mass is 288 g/mol. The Morgan fingerprint density at radius 2 is 2.00 bits per heavy atom. The van der Waals surface area contributed by atoms with Gasteiger partial charge in [-0.15, -0.1) is 0 Å². The number of carbonyl (C=O) groups is 1. The highest BCUT2D eigenvalue weighted by Gasteiger charge is 2.15. The van der Waals surface area contributed by atoms with E-state index in [-0.39, 0.29) is 5.56 Å². The highest BCUT2D eigenvalue weighted by atomic mass is 19.1. The molecule has 0 radical (unpaired) electrons. The lowest BCUT2D eigenvalue weighted by Gasteiger charge is -2.18. The Labute approximate surface area is 122 Å². The van der Waals surface area contributed by atoms with Gasteiger partial charge in [-0.1, -0.05) is 12.1 Å². The van der Waals surface area contributed by atoms with Crippen LogP contribution in [0.15, 0.2) is 36.5 Å². The molecule has 1 aromatic heterocycles. The average Bonchev–Trinajstić information content (AvgIpc) is 2.47. The van der Waals surface area contributed by atoms with E-state index < -0.39 is 11.7 Å². The van der Waals surface area contributed by atoms with Crippen LogP contribution < -0.4 is 15.5 Å². The molecule has 0 aliphatic rings. The number of rotatable bonds is 4. The number of benzene rings is 1. The molecule has 2 rings (SSSR count). The lowest BCUT2D eigenvalue weighted by Crippen LogP contribution is -2.18. The van der Waals surface area contributed by atoms with E-state index in [1.807, 2.05) is 37.2 Å². The highest BCUT2D eigenvalue weighted by molar-refractivity contribution is 6.08. The van der Waals surface area contributed by atoms with Gasteiger partial charge in [-0.25, -0.2) is 9.37 Å². The van der Waals surface area contributed by atoms with E-state index in [0.29, 0.717) is 11.5 Å². The summed E-state index contributed by atoms with van der Waals surface area (Å²) in [6, 6.07) is 8.54. The van der Waals surface area contributed by atoms with E-state index >= 15 is 0 Å². The Hall–Kier alpha value is -2.63. The minimum atomic E-state index is -0.556. The van der Waals surface area contributed by atoms with Gasteiger partial charge in [-0.05, 0) is 18.2 Å². The molecular weight excluding hydrogens is 271 g/mol. The Bertz CT molecular complexity index is 658. The molecule has 0 fully saturated rings. The zero-order valence-electron chi connectivity index (χ0n) is 12.1. The number of hydrogen-bond donors (Lipinski definition) is 2.